The Bertz CT molecular complexity index is 669. The number of rotatable bonds is 5. The third-order valence-electron chi connectivity index (χ3n) is 3.03. The third-order valence-corrected chi connectivity index (χ3v) is 4.18. The van der Waals surface area contributed by atoms with Gasteiger partial charge in [-0.05, 0) is 17.7 Å². The van der Waals surface area contributed by atoms with Gasteiger partial charge in [-0.15, -0.1) is 0 Å². The van der Waals surface area contributed by atoms with Crippen LogP contribution in [0.25, 0.3) is 0 Å². The lowest BCUT2D eigenvalue weighted by Crippen LogP contribution is -2.21. The minimum Gasteiger partial charge on any atom is -0.382 e. The van der Waals surface area contributed by atoms with Crippen LogP contribution in [0.15, 0.2) is 59.5 Å². The predicted octanol–water partition coefficient (Wildman–Crippen LogP) is 2.20. The molecular weight excluding hydrogens is 272 g/mol. The number of sulfone groups is 1. The van der Waals surface area contributed by atoms with Crippen molar-refractivity contribution >= 4 is 15.5 Å². The van der Waals surface area contributed by atoms with Crippen LogP contribution in [0.1, 0.15) is 11.6 Å². The molecule has 0 saturated carbocycles. The molecule has 5 heteroatoms. The van der Waals surface area contributed by atoms with E-state index in [1.807, 2.05) is 30.3 Å². The summed E-state index contributed by atoms with van der Waals surface area (Å²) in [5.41, 5.74) is 7.69. The first-order chi connectivity index (χ1) is 9.48. The summed E-state index contributed by atoms with van der Waals surface area (Å²) < 4.78 is 23.4. The third kappa shape index (κ3) is 3.59. The Balaban J connectivity index is 2.12. The van der Waals surface area contributed by atoms with Gasteiger partial charge in [0.25, 0.3) is 0 Å². The second-order valence-electron chi connectivity index (χ2n) is 4.67. The zero-order valence-electron chi connectivity index (χ0n) is 11.3. The van der Waals surface area contributed by atoms with Crippen LogP contribution < -0.4 is 11.1 Å². The minimum absolute atomic E-state index is 0.191. The molecule has 0 saturated heterocycles. The number of benzene rings is 2. The summed E-state index contributed by atoms with van der Waals surface area (Å²) in [6.45, 7) is 0.469. The van der Waals surface area contributed by atoms with Gasteiger partial charge in [-0.1, -0.05) is 42.5 Å². The number of nitrogens with one attached hydrogen (secondary N) is 1. The van der Waals surface area contributed by atoms with Crippen LogP contribution in [0.3, 0.4) is 0 Å². The van der Waals surface area contributed by atoms with Gasteiger partial charge in [0.05, 0.1) is 10.6 Å². The smallest absolute Gasteiger partial charge is 0.177 e. The van der Waals surface area contributed by atoms with Crippen LogP contribution in [-0.4, -0.2) is 21.2 Å². The second kappa shape index (κ2) is 6.07. The van der Waals surface area contributed by atoms with Crippen LogP contribution in [-0.2, 0) is 9.84 Å². The van der Waals surface area contributed by atoms with Crippen molar-refractivity contribution in [3.63, 3.8) is 0 Å². The standard InChI is InChI=1S/C15H18N2O2S/c1-20(18,19)15-10-6-5-9-14(15)17-11-13(16)12-7-3-2-4-8-12/h2-10,13,17H,11,16H2,1H3. The molecule has 0 aliphatic carbocycles. The van der Waals surface area contributed by atoms with Gasteiger partial charge in [0.2, 0.25) is 0 Å². The molecule has 2 aromatic rings. The van der Waals surface area contributed by atoms with Crippen LogP contribution in [0.4, 0.5) is 5.69 Å². The minimum atomic E-state index is -3.25. The molecule has 3 N–H and O–H groups in total. The zero-order valence-corrected chi connectivity index (χ0v) is 12.1. The van der Waals surface area contributed by atoms with Crippen molar-refractivity contribution < 1.29 is 8.42 Å². The highest BCUT2D eigenvalue weighted by atomic mass is 32.2. The molecule has 2 aromatic carbocycles. The Morgan fingerprint density at radius 1 is 1.05 bits per heavy atom. The molecule has 4 nitrogen and oxygen atoms in total. The van der Waals surface area contributed by atoms with E-state index in [0.717, 1.165) is 5.56 Å². The number of hydrogen-bond acceptors (Lipinski definition) is 4. The fraction of sp³-hybridized carbons (Fsp3) is 0.200. The summed E-state index contributed by atoms with van der Waals surface area (Å²) in [7, 11) is -3.25. The summed E-state index contributed by atoms with van der Waals surface area (Å²) in [6, 6.07) is 16.3. The van der Waals surface area contributed by atoms with Gasteiger partial charge in [-0.2, -0.15) is 0 Å². The van der Waals surface area contributed by atoms with Crippen molar-refractivity contribution in [1.82, 2.24) is 0 Å². The average Bonchev–Trinajstić information content (AvgIpc) is 2.45. The fourth-order valence-corrected chi connectivity index (χ4v) is 2.84. The Morgan fingerprint density at radius 2 is 1.65 bits per heavy atom. The Hall–Kier alpha value is -1.85. The van der Waals surface area contributed by atoms with Gasteiger partial charge in [0.1, 0.15) is 0 Å². The van der Waals surface area contributed by atoms with Gasteiger partial charge in [-0.25, -0.2) is 8.42 Å². The highest BCUT2D eigenvalue weighted by Crippen LogP contribution is 2.21. The molecule has 0 aromatic heterocycles. The molecule has 106 valence electrons. The first-order valence-corrected chi connectivity index (χ1v) is 8.21. The first kappa shape index (κ1) is 14.6. The molecule has 2 rings (SSSR count). The summed E-state index contributed by atoms with van der Waals surface area (Å²) in [5.74, 6) is 0. The van der Waals surface area contributed by atoms with E-state index in [2.05, 4.69) is 5.32 Å². The number of para-hydroxylation sites is 1. The number of hydrogen-bond donors (Lipinski definition) is 2. The van der Waals surface area contributed by atoms with Crippen molar-refractivity contribution in [2.45, 2.75) is 10.9 Å². The summed E-state index contributed by atoms with van der Waals surface area (Å²) >= 11 is 0. The maximum absolute atomic E-state index is 11.7. The maximum atomic E-state index is 11.7. The molecule has 0 amide bonds. The Labute approximate surface area is 119 Å². The van der Waals surface area contributed by atoms with Crippen molar-refractivity contribution in [2.75, 3.05) is 18.1 Å². The molecule has 0 spiro atoms. The second-order valence-corrected chi connectivity index (χ2v) is 6.65. The lowest BCUT2D eigenvalue weighted by atomic mass is 10.1. The summed E-state index contributed by atoms with van der Waals surface area (Å²) in [6.07, 6.45) is 1.20. The van der Waals surface area contributed by atoms with Crippen molar-refractivity contribution in [1.29, 1.82) is 0 Å². The summed E-state index contributed by atoms with van der Waals surface area (Å²) in [4.78, 5) is 0.292. The van der Waals surface area contributed by atoms with E-state index in [4.69, 9.17) is 5.73 Å². The maximum Gasteiger partial charge on any atom is 0.177 e. The van der Waals surface area contributed by atoms with E-state index in [0.29, 0.717) is 17.1 Å². The molecule has 0 aliphatic heterocycles. The highest BCUT2D eigenvalue weighted by Gasteiger charge is 2.13. The molecule has 1 atom stereocenters. The predicted molar refractivity (Wildman–Crippen MR) is 81.4 cm³/mol. The molecule has 1 unspecified atom stereocenters. The SMILES string of the molecule is CS(=O)(=O)c1ccccc1NCC(N)c1ccccc1. The molecular formula is C15H18N2O2S. The first-order valence-electron chi connectivity index (χ1n) is 6.32. The van der Waals surface area contributed by atoms with E-state index in [-0.39, 0.29) is 6.04 Å². The Kier molecular flexibility index (Phi) is 4.42. The topological polar surface area (TPSA) is 72.2 Å². The Morgan fingerprint density at radius 3 is 2.30 bits per heavy atom. The largest absolute Gasteiger partial charge is 0.382 e. The normalized spacial score (nSPS) is 12.9. The van der Waals surface area contributed by atoms with Gasteiger partial charge < -0.3 is 11.1 Å². The number of nitrogens with two attached hydrogens (primary N) is 1. The van der Waals surface area contributed by atoms with Gasteiger partial charge in [0.15, 0.2) is 9.84 Å². The molecule has 20 heavy (non-hydrogen) atoms. The molecule has 0 bridgehead atoms. The summed E-state index contributed by atoms with van der Waals surface area (Å²) in [5, 5.41) is 3.11. The number of anilines is 1. The van der Waals surface area contributed by atoms with E-state index >= 15 is 0 Å². The van der Waals surface area contributed by atoms with Crippen LogP contribution in [0, 0.1) is 0 Å². The van der Waals surface area contributed by atoms with E-state index in [1.54, 1.807) is 24.3 Å². The molecule has 0 heterocycles. The van der Waals surface area contributed by atoms with Crippen LogP contribution in [0.5, 0.6) is 0 Å². The quantitative estimate of drug-likeness (QED) is 0.885. The zero-order chi connectivity index (χ0) is 14.6. The van der Waals surface area contributed by atoms with Gasteiger partial charge >= 0.3 is 0 Å². The fourth-order valence-electron chi connectivity index (χ4n) is 1.97. The van der Waals surface area contributed by atoms with Crippen molar-refractivity contribution in [3.8, 4) is 0 Å². The lowest BCUT2D eigenvalue weighted by molar-refractivity contribution is 0.602. The van der Waals surface area contributed by atoms with Gasteiger partial charge in [-0.3, -0.25) is 0 Å². The van der Waals surface area contributed by atoms with Crippen molar-refractivity contribution in [3.05, 3.63) is 60.2 Å². The average molecular weight is 290 g/mol. The van der Waals surface area contributed by atoms with Crippen molar-refractivity contribution in [2.24, 2.45) is 5.73 Å². The van der Waals surface area contributed by atoms with E-state index in [1.165, 1.54) is 6.26 Å². The van der Waals surface area contributed by atoms with Crippen LogP contribution in [0.2, 0.25) is 0 Å². The molecule has 0 fully saturated rings. The van der Waals surface area contributed by atoms with Gasteiger partial charge in [0, 0.05) is 18.8 Å². The van der Waals surface area contributed by atoms with Crippen LogP contribution >= 0.6 is 0 Å². The highest BCUT2D eigenvalue weighted by molar-refractivity contribution is 7.90. The lowest BCUT2D eigenvalue weighted by Gasteiger charge is -2.16. The monoisotopic (exact) mass is 290 g/mol. The molecule has 0 aliphatic rings. The van der Waals surface area contributed by atoms with E-state index in [9.17, 15) is 8.42 Å². The molecule has 0 radical (unpaired) electrons. The van der Waals surface area contributed by atoms with E-state index < -0.39 is 9.84 Å².